The number of ether oxygens (including phenoxy) is 1. The van der Waals surface area contributed by atoms with Crippen LogP contribution in [0, 0.1) is 0 Å². The van der Waals surface area contributed by atoms with E-state index in [0.29, 0.717) is 54.3 Å². The summed E-state index contributed by atoms with van der Waals surface area (Å²) in [7, 11) is 0. The second-order valence-corrected chi connectivity index (χ2v) is 10.8. The number of imidazole rings is 1. The number of halogens is 2. The maximum Gasteiger partial charge on any atom is 0.323 e. The molecule has 36 heavy (non-hydrogen) atoms. The van der Waals surface area contributed by atoms with Gasteiger partial charge in [-0.2, -0.15) is 11.8 Å². The van der Waals surface area contributed by atoms with Gasteiger partial charge in [-0.3, -0.25) is 14.5 Å². The van der Waals surface area contributed by atoms with Crippen molar-refractivity contribution >= 4 is 57.9 Å². The van der Waals surface area contributed by atoms with E-state index in [4.69, 9.17) is 33.7 Å². The largest absolute Gasteiger partial charge is 0.465 e. The third-order valence-corrected chi connectivity index (χ3v) is 7.98. The molecular formula is C25H29Cl2N5O3S. The number of H-pyrrole nitrogens is 1. The minimum Gasteiger partial charge on any atom is -0.465 e. The number of rotatable bonds is 10. The van der Waals surface area contributed by atoms with Crippen molar-refractivity contribution in [2.75, 3.05) is 18.9 Å². The Balaban J connectivity index is 1.42. The molecular weight excluding hydrogens is 521 g/mol. The zero-order chi connectivity index (χ0) is 25.7. The SMILES string of the molecule is CCOC(=O)C(N)CS[C@@H]1C[C@@H](C(=O)NCc2nc3ccccc3[nH]2)N(Cc2ccc(Cl)cc2Cl)C1. The van der Waals surface area contributed by atoms with E-state index < -0.39 is 12.0 Å². The van der Waals surface area contributed by atoms with Gasteiger partial charge < -0.3 is 20.8 Å². The fourth-order valence-electron chi connectivity index (χ4n) is 4.23. The standard InChI is InChI=1S/C25H29Cl2N5O3S/c1-2-35-25(34)19(28)14-36-17-10-22(32(13-17)12-15-7-8-16(26)9-18(15)27)24(33)29-11-23-30-20-5-3-4-6-21(20)31-23/h3-9,17,19,22H,2,10-14,28H2,1H3,(H,29,33)(H,30,31)/t17-,19?,22+/m1/s1. The van der Waals surface area contributed by atoms with E-state index in [0.717, 1.165) is 16.6 Å². The molecule has 1 aromatic heterocycles. The quantitative estimate of drug-likeness (QED) is 0.330. The number of likely N-dealkylation sites (tertiary alicyclic amines) is 1. The molecule has 1 saturated heterocycles. The van der Waals surface area contributed by atoms with Crippen LogP contribution >= 0.6 is 35.0 Å². The highest BCUT2D eigenvalue weighted by Crippen LogP contribution is 2.31. The van der Waals surface area contributed by atoms with Gasteiger partial charge >= 0.3 is 5.97 Å². The monoisotopic (exact) mass is 549 g/mol. The summed E-state index contributed by atoms with van der Waals surface area (Å²) in [4.78, 5) is 35.1. The average molecular weight is 551 g/mol. The van der Waals surface area contributed by atoms with Crippen LogP contribution in [0.4, 0.5) is 0 Å². The number of hydrogen-bond donors (Lipinski definition) is 3. The molecule has 8 nitrogen and oxygen atoms in total. The molecule has 11 heteroatoms. The van der Waals surface area contributed by atoms with Gasteiger partial charge in [-0.15, -0.1) is 0 Å². The third kappa shape index (κ3) is 6.72. The summed E-state index contributed by atoms with van der Waals surface area (Å²) in [5.41, 5.74) is 8.66. The summed E-state index contributed by atoms with van der Waals surface area (Å²) in [5, 5.41) is 4.27. The molecule has 3 aromatic rings. The van der Waals surface area contributed by atoms with E-state index >= 15 is 0 Å². The van der Waals surface area contributed by atoms with E-state index in [-0.39, 0.29) is 17.2 Å². The lowest BCUT2D eigenvalue weighted by Gasteiger charge is -2.24. The Hall–Kier alpha value is -2.30. The van der Waals surface area contributed by atoms with Crippen LogP contribution in [0.5, 0.6) is 0 Å². The van der Waals surface area contributed by atoms with Gasteiger partial charge in [0.2, 0.25) is 5.91 Å². The number of amides is 1. The number of nitrogens with one attached hydrogen (secondary N) is 2. The lowest BCUT2D eigenvalue weighted by atomic mass is 10.1. The van der Waals surface area contributed by atoms with Gasteiger partial charge in [-0.05, 0) is 43.2 Å². The number of aromatic nitrogens is 2. The Bertz CT molecular complexity index is 1190. The fraction of sp³-hybridized carbons (Fsp3) is 0.400. The highest BCUT2D eigenvalue weighted by Gasteiger charge is 2.37. The van der Waals surface area contributed by atoms with Gasteiger partial charge in [-0.1, -0.05) is 41.4 Å². The second kappa shape index (κ2) is 12.3. The van der Waals surface area contributed by atoms with E-state index in [2.05, 4.69) is 20.2 Å². The zero-order valence-electron chi connectivity index (χ0n) is 19.9. The summed E-state index contributed by atoms with van der Waals surface area (Å²) >= 11 is 14.1. The highest BCUT2D eigenvalue weighted by atomic mass is 35.5. The normalized spacial score (nSPS) is 18.9. The van der Waals surface area contributed by atoms with Crippen molar-refractivity contribution < 1.29 is 14.3 Å². The molecule has 1 aliphatic heterocycles. The molecule has 4 N–H and O–H groups in total. The summed E-state index contributed by atoms with van der Waals surface area (Å²) in [6.07, 6.45) is 0.622. The Kier molecular flexibility index (Phi) is 9.14. The fourth-order valence-corrected chi connectivity index (χ4v) is 5.93. The van der Waals surface area contributed by atoms with Crippen molar-refractivity contribution in [1.82, 2.24) is 20.2 Å². The number of fused-ring (bicyclic) bond motifs is 1. The van der Waals surface area contributed by atoms with E-state index in [9.17, 15) is 9.59 Å². The highest BCUT2D eigenvalue weighted by molar-refractivity contribution is 8.00. The van der Waals surface area contributed by atoms with Gasteiger partial charge in [-0.25, -0.2) is 4.98 Å². The molecule has 1 aliphatic rings. The van der Waals surface area contributed by atoms with E-state index in [1.807, 2.05) is 30.3 Å². The molecule has 0 saturated carbocycles. The van der Waals surface area contributed by atoms with Crippen molar-refractivity contribution in [3.05, 3.63) is 63.9 Å². The van der Waals surface area contributed by atoms with Crippen molar-refractivity contribution in [3.8, 4) is 0 Å². The van der Waals surface area contributed by atoms with Crippen LogP contribution in [0.2, 0.25) is 10.0 Å². The molecule has 0 bridgehead atoms. The molecule has 192 valence electrons. The molecule has 1 amide bonds. The molecule has 0 radical (unpaired) electrons. The number of para-hydroxylation sites is 2. The zero-order valence-corrected chi connectivity index (χ0v) is 22.2. The lowest BCUT2D eigenvalue weighted by Crippen LogP contribution is -2.42. The topological polar surface area (TPSA) is 113 Å². The Morgan fingerprint density at radius 1 is 1.31 bits per heavy atom. The molecule has 0 aliphatic carbocycles. The Morgan fingerprint density at radius 2 is 2.11 bits per heavy atom. The minimum atomic E-state index is -0.699. The lowest BCUT2D eigenvalue weighted by molar-refractivity contribution is -0.144. The Labute approximate surface area is 224 Å². The van der Waals surface area contributed by atoms with Crippen molar-refractivity contribution in [2.24, 2.45) is 5.73 Å². The van der Waals surface area contributed by atoms with Gasteiger partial charge in [0.1, 0.15) is 11.9 Å². The van der Waals surface area contributed by atoms with Crippen LogP contribution in [0.15, 0.2) is 42.5 Å². The van der Waals surface area contributed by atoms with Gasteiger partial charge in [0, 0.05) is 34.1 Å². The number of esters is 1. The number of nitrogens with two attached hydrogens (primary N) is 1. The molecule has 3 atom stereocenters. The van der Waals surface area contributed by atoms with Crippen LogP contribution in [-0.2, 0) is 27.4 Å². The number of benzene rings is 2. The maximum atomic E-state index is 13.3. The predicted molar refractivity (Wildman–Crippen MR) is 144 cm³/mol. The summed E-state index contributed by atoms with van der Waals surface area (Å²) < 4.78 is 5.01. The molecule has 2 heterocycles. The van der Waals surface area contributed by atoms with E-state index in [1.54, 1.807) is 30.8 Å². The van der Waals surface area contributed by atoms with E-state index in [1.165, 1.54) is 0 Å². The molecule has 4 rings (SSSR count). The number of thioether (sulfide) groups is 1. The van der Waals surface area contributed by atoms with Gasteiger partial charge in [0.25, 0.3) is 0 Å². The van der Waals surface area contributed by atoms with Gasteiger partial charge in [0.15, 0.2) is 0 Å². The molecule has 0 spiro atoms. The number of hydrogen-bond acceptors (Lipinski definition) is 7. The smallest absolute Gasteiger partial charge is 0.323 e. The summed E-state index contributed by atoms with van der Waals surface area (Å²) in [6.45, 7) is 3.50. The van der Waals surface area contributed by atoms with Crippen molar-refractivity contribution in [1.29, 1.82) is 0 Å². The van der Waals surface area contributed by atoms with Crippen molar-refractivity contribution in [3.63, 3.8) is 0 Å². The molecule has 1 fully saturated rings. The predicted octanol–water partition coefficient (Wildman–Crippen LogP) is 3.75. The maximum absolute atomic E-state index is 13.3. The van der Waals surface area contributed by atoms with Crippen LogP contribution < -0.4 is 11.1 Å². The van der Waals surface area contributed by atoms with Crippen LogP contribution in [0.25, 0.3) is 11.0 Å². The van der Waals surface area contributed by atoms with Gasteiger partial charge in [0.05, 0.1) is 30.2 Å². The summed E-state index contributed by atoms with van der Waals surface area (Å²) in [5.74, 6) is 0.624. The first-order valence-electron chi connectivity index (χ1n) is 11.8. The van der Waals surface area contributed by atoms with Crippen LogP contribution in [-0.4, -0.2) is 63.0 Å². The number of carbonyl (C=O) groups is 2. The first-order valence-corrected chi connectivity index (χ1v) is 13.6. The van der Waals surface area contributed by atoms with Crippen LogP contribution in [0.1, 0.15) is 24.7 Å². The number of nitrogens with zero attached hydrogens (tertiary/aromatic N) is 2. The van der Waals surface area contributed by atoms with Crippen molar-refractivity contribution in [2.45, 2.75) is 43.8 Å². The summed E-state index contributed by atoms with van der Waals surface area (Å²) in [6, 6.07) is 12.1. The third-order valence-electron chi connectivity index (χ3n) is 6.03. The molecule has 1 unspecified atom stereocenters. The first-order chi connectivity index (χ1) is 17.3. The second-order valence-electron chi connectivity index (χ2n) is 8.65. The first kappa shape index (κ1) is 26.8. The number of carbonyl (C=O) groups excluding carboxylic acids is 2. The minimum absolute atomic E-state index is 0.0849. The van der Waals surface area contributed by atoms with Crippen LogP contribution in [0.3, 0.4) is 0 Å². The molecule has 2 aromatic carbocycles. The number of aromatic amines is 1. The average Bonchev–Trinajstić information content (AvgIpc) is 3.46. The Morgan fingerprint density at radius 3 is 2.86 bits per heavy atom.